The molecular formula is C22H15Cl4F2N3O2. The van der Waals surface area contributed by atoms with Gasteiger partial charge in [0.05, 0.1) is 22.6 Å². The summed E-state index contributed by atoms with van der Waals surface area (Å²) in [4.78, 5) is 25.4. The van der Waals surface area contributed by atoms with Crippen molar-refractivity contribution in [3.63, 3.8) is 0 Å². The zero-order valence-corrected chi connectivity index (χ0v) is 19.7. The summed E-state index contributed by atoms with van der Waals surface area (Å²) in [6.45, 7) is 0. The van der Waals surface area contributed by atoms with Crippen LogP contribution in [0.3, 0.4) is 0 Å². The Hall–Kier alpha value is -2.11. The second-order valence-electron chi connectivity index (χ2n) is 8.04. The highest BCUT2D eigenvalue weighted by molar-refractivity contribution is 6.53. The first-order valence-electron chi connectivity index (χ1n) is 9.78. The van der Waals surface area contributed by atoms with E-state index in [1.165, 1.54) is 36.4 Å². The lowest BCUT2D eigenvalue weighted by atomic mass is 10.1. The van der Waals surface area contributed by atoms with Crippen LogP contribution >= 0.6 is 46.4 Å². The van der Waals surface area contributed by atoms with Crippen LogP contribution in [-0.2, 0) is 4.79 Å². The lowest BCUT2D eigenvalue weighted by Gasteiger charge is -2.12. The summed E-state index contributed by atoms with van der Waals surface area (Å²) in [7, 11) is 0. The van der Waals surface area contributed by atoms with E-state index in [0.29, 0.717) is 18.4 Å². The molecule has 2 amide bonds. The first kappa shape index (κ1) is 24.0. The van der Waals surface area contributed by atoms with Crippen LogP contribution < -0.4 is 10.6 Å². The Morgan fingerprint density at radius 3 is 2.36 bits per heavy atom. The molecule has 0 heterocycles. The van der Waals surface area contributed by atoms with Crippen molar-refractivity contribution in [1.82, 2.24) is 5.32 Å². The van der Waals surface area contributed by atoms with E-state index < -0.39 is 39.9 Å². The summed E-state index contributed by atoms with van der Waals surface area (Å²) in [5, 5.41) is 14.5. The fraction of sp³-hybridized carbons (Fsp3) is 0.318. The van der Waals surface area contributed by atoms with Gasteiger partial charge in [-0.25, -0.2) is 8.78 Å². The fourth-order valence-electron chi connectivity index (χ4n) is 3.66. The molecule has 172 valence electrons. The predicted molar refractivity (Wildman–Crippen MR) is 122 cm³/mol. The number of rotatable bonds is 6. The molecule has 2 aliphatic carbocycles. The number of amides is 2. The van der Waals surface area contributed by atoms with Crippen LogP contribution in [-0.4, -0.2) is 21.7 Å². The molecule has 2 fully saturated rings. The number of nitrogens with one attached hydrogen (secondary N) is 2. The largest absolute Gasteiger partial charge is 0.334 e. The molecule has 33 heavy (non-hydrogen) atoms. The molecule has 11 heteroatoms. The number of carbonyl (C=O) groups excluding carboxylic acids is 2. The maximum Gasteiger partial charge on any atom is 0.265 e. The summed E-state index contributed by atoms with van der Waals surface area (Å²) in [6.07, 6.45) is -1.69. The van der Waals surface area contributed by atoms with Crippen LogP contribution in [0.1, 0.15) is 46.7 Å². The van der Waals surface area contributed by atoms with Crippen LogP contribution in [0.2, 0.25) is 10.0 Å². The molecule has 2 atom stereocenters. The number of carbonyl (C=O) groups is 2. The molecule has 0 unspecified atom stereocenters. The second kappa shape index (κ2) is 8.59. The van der Waals surface area contributed by atoms with Gasteiger partial charge in [-0.1, -0.05) is 29.3 Å². The number of hydrogen-bond acceptors (Lipinski definition) is 3. The first-order chi connectivity index (χ1) is 15.5. The Morgan fingerprint density at radius 1 is 1.09 bits per heavy atom. The monoisotopic (exact) mass is 531 g/mol. The van der Waals surface area contributed by atoms with E-state index in [0.717, 1.165) is 0 Å². The molecule has 0 aromatic heterocycles. The topological polar surface area (TPSA) is 82.0 Å². The molecule has 2 saturated carbocycles. The number of benzene rings is 2. The highest BCUT2D eigenvalue weighted by Gasteiger charge is 2.67. The molecule has 0 saturated heterocycles. The maximum atomic E-state index is 13.2. The minimum absolute atomic E-state index is 0.0885. The first-order valence-corrected chi connectivity index (χ1v) is 11.3. The van der Waals surface area contributed by atoms with Crippen LogP contribution in [0.5, 0.6) is 0 Å². The molecule has 0 spiro atoms. The SMILES string of the molecule is N#CC1(NC(=O)c2cc(NC(=O)[C@H]3[C@H](c4ccc(Cl)c(C(F)F)c4)C3(Cl)Cl)ccc2Cl)CC1. The second-order valence-corrected chi connectivity index (χ2v) is 10.3. The highest BCUT2D eigenvalue weighted by atomic mass is 35.5. The van der Waals surface area contributed by atoms with Gasteiger partial charge in [-0.3, -0.25) is 9.59 Å². The van der Waals surface area contributed by atoms with E-state index >= 15 is 0 Å². The van der Waals surface area contributed by atoms with Crippen LogP contribution in [0, 0.1) is 17.2 Å². The van der Waals surface area contributed by atoms with Crippen molar-refractivity contribution in [3.05, 3.63) is 63.1 Å². The molecule has 0 aliphatic heterocycles. The third kappa shape index (κ3) is 4.63. The van der Waals surface area contributed by atoms with Gasteiger partial charge >= 0.3 is 0 Å². The summed E-state index contributed by atoms with van der Waals surface area (Å²) >= 11 is 24.6. The van der Waals surface area contributed by atoms with Crippen molar-refractivity contribution in [1.29, 1.82) is 5.26 Å². The van der Waals surface area contributed by atoms with Crippen LogP contribution in [0.25, 0.3) is 0 Å². The number of alkyl halides is 4. The van der Waals surface area contributed by atoms with Gasteiger partial charge in [0.15, 0.2) is 0 Å². The number of nitrogens with zero attached hydrogens (tertiary/aromatic N) is 1. The van der Waals surface area contributed by atoms with Gasteiger partial charge in [-0.2, -0.15) is 5.26 Å². The van der Waals surface area contributed by atoms with Crippen LogP contribution in [0.15, 0.2) is 36.4 Å². The summed E-state index contributed by atoms with van der Waals surface area (Å²) in [5.74, 6) is -2.74. The number of halogens is 6. The van der Waals surface area contributed by atoms with E-state index in [4.69, 9.17) is 51.7 Å². The molecule has 2 N–H and O–H groups in total. The summed E-state index contributed by atoms with van der Waals surface area (Å²) in [6, 6.07) is 10.4. The quantitative estimate of drug-likeness (QED) is 0.432. The maximum absolute atomic E-state index is 13.2. The average molecular weight is 533 g/mol. The van der Waals surface area contributed by atoms with Crippen LogP contribution in [0.4, 0.5) is 14.5 Å². The van der Waals surface area contributed by atoms with Gasteiger partial charge in [0.25, 0.3) is 12.3 Å². The molecular weight excluding hydrogens is 518 g/mol. The zero-order valence-electron chi connectivity index (χ0n) is 16.6. The molecule has 4 rings (SSSR count). The van der Waals surface area contributed by atoms with Crippen molar-refractivity contribution >= 4 is 63.9 Å². The van der Waals surface area contributed by atoms with Crippen molar-refractivity contribution in [2.45, 2.75) is 35.1 Å². The van der Waals surface area contributed by atoms with Gasteiger partial charge < -0.3 is 10.6 Å². The van der Waals surface area contributed by atoms with Gasteiger partial charge in [0.1, 0.15) is 9.87 Å². The summed E-state index contributed by atoms with van der Waals surface area (Å²) in [5.41, 5.74) is -0.542. The van der Waals surface area contributed by atoms with Gasteiger partial charge in [0.2, 0.25) is 5.91 Å². The Labute approximate surface area is 207 Å². The number of anilines is 1. The van der Waals surface area contributed by atoms with E-state index in [1.54, 1.807) is 0 Å². The summed E-state index contributed by atoms with van der Waals surface area (Å²) < 4.78 is 24.9. The van der Waals surface area contributed by atoms with Crippen molar-refractivity contribution in [2.75, 3.05) is 5.32 Å². The van der Waals surface area contributed by atoms with Gasteiger partial charge in [0, 0.05) is 22.2 Å². The molecule has 2 aromatic rings. The zero-order chi connectivity index (χ0) is 24.1. The Morgan fingerprint density at radius 2 is 1.76 bits per heavy atom. The van der Waals surface area contributed by atoms with Gasteiger partial charge in [-0.15, -0.1) is 23.2 Å². The van der Waals surface area contributed by atoms with E-state index in [-0.39, 0.29) is 26.9 Å². The lowest BCUT2D eigenvalue weighted by molar-refractivity contribution is -0.117. The highest BCUT2D eigenvalue weighted by Crippen LogP contribution is 2.65. The number of hydrogen-bond donors (Lipinski definition) is 2. The Kier molecular flexibility index (Phi) is 6.25. The standard InChI is InChI=1S/C22H15Cl4F2N3O2/c23-14-3-1-10(7-12(14)18(27)28)16-17(22(16,25)26)20(33)30-11-2-4-15(24)13(8-11)19(32)31-21(9-29)5-6-21/h1-4,7-8,16-18H,5-6H2,(H,30,33)(H,31,32)/t16-,17+/m0/s1. The normalized spacial score (nSPS) is 21.8. The van der Waals surface area contributed by atoms with Crippen molar-refractivity contribution < 1.29 is 18.4 Å². The Bertz CT molecular complexity index is 1190. The van der Waals surface area contributed by atoms with E-state index in [1.807, 2.05) is 0 Å². The van der Waals surface area contributed by atoms with Crippen molar-refractivity contribution in [2.24, 2.45) is 5.92 Å². The van der Waals surface area contributed by atoms with Gasteiger partial charge in [-0.05, 0) is 48.7 Å². The third-order valence-corrected chi connectivity index (χ3v) is 7.36. The molecule has 2 aliphatic rings. The average Bonchev–Trinajstić information content (AvgIpc) is 3.64. The van der Waals surface area contributed by atoms with Crippen molar-refractivity contribution in [3.8, 4) is 6.07 Å². The molecule has 2 aromatic carbocycles. The third-order valence-electron chi connectivity index (χ3n) is 5.75. The lowest BCUT2D eigenvalue weighted by Crippen LogP contribution is -2.35. The smallest absolute Gasteiger partial charge is 0.265 e. The minimum Gasteiger partial charge on any atom is -0.334 e. The molecule has 0 bridgehead atoms. The Balaban J connectivity index is 1.51. The fourth-order valence-corrected chi connectivity index (χ4v) is 4.89. The molecule has 5 nitrogen and oxygen atoms in total. The van der Waals surface area contributed by atoms with E-state index in [2.05, 4.69) is 16.7 Å². The predicted octanol–water partition coefficient (Wildman–Crippen LogP) is 6.24. The minimum atomic E-state index is -2.79. The molecule has 0 radical (unpaired) electrons. The number of nitriles is 1. The van der Waals surface area contributed by atoms with E-state index in [9.17, 15) is 18.4 Å².